The lowest BCUT2D eigenvalue weighted by atomic mass is 10.1. The molecule has 0 saturated heterocycles. The molecule has 3 rings (SSSR count). The molecule has 0 spiro atoms. The molecule has 0 fully saturated rings. The van der Waals surface area contributed by atoms with Crippen LogP contribution in [0.25, 0.3) is 23.1 Å². The summed E-state index contributed by atoms with van der Waals surface area (Å²) in [6.07, 6.45) is 11.9. The van der Waals surface area contributed by atoms with Gasteiger partial charge in [-0.15, -0.1) is 0 Å². The number of pyridine rings is 1. The Morgan fingerprint density at radius 3 is 2.79 bits per heavy atom. The van der Waals surface area contributed by atoms with Gasteiger partial charge in [-0.1, -0.05) is 36.4 Å². The zero-order valence-electron chi connectivity index (χ0n) is 10.5. The van der Waals surface area contributed by atoms with Gasteiger partial charge in [-0.2, -0.15) is 0 Å². The van der Waals surface area contributed by atoms with Crippen molar-refractivity contribution in [2.75, 3.05) is 0 Å². The number of rotatable bonds is 3. The van der Waals surface area contributed by atoms with Crippen LogP contribution in [0.15, 0.2) is 67.0 Å². The van der Waals surface area contributed by atoms with E-state index in [9.17, 15) is 0 Å². The van der Waals surface area contributed by atoms with Gasteiger partial charge in [-0.3, -0.25) is 4.98 Å². The summed E-state index contributed by atoms with van der Waals surface area (Å²) in [4.78, 5) is 7.45. The highest BCUT2D eigenvalue weighted by Gasteiger charge is 1.93. The van der Waals surface area contributed by atoms with Crippen LogP contribution in [-0.2, 0) is 0 Å². The van der Waals surface area contributed by atoms with E-state index in [2.05, 4.69) is 40.3 Å². The van der Waals surface area contributed by atoms with E-state index in [0.717, 1.165) is 11.2 Å². The van der Waals surface area contributed by atoms with Gasteiger partial charge in [0.25, 0.3) is 0 Å². The molecule has 0 amide bonds. The highest BCUT2D eigenvalue weighted by atomic mass is 14.7. The zero-order valence-corrected chi connectivity index (χ0v) is 10.5. The number of aromatic amines is 1. The Balaban J connectivity index is 1.73. The molecular weight excluding hydrogens is 232 g/mol. The van der Waals surface area contributed by atoms with Crippen LogP contribution in [-0.4, -0.2) is 9.97 Å². The summed E-state index contributed by atoms with van der Waals surface area (Å²) in [5.74, 6) is 0. The van der Waals surface area contributed by atoms with E-state index >= 15 is 0 Å². The van der Waals surface area contributed by atoms with Crippen molar-refractivity contribution in [3.05, 3.63) is 78.3 Å². The maximum atomic E-state index is 4.23. The topological polar surface area (TPSA) is 28.7 Å². The fourth-order valence-corrected chi connectivity index (χ4v) is 1.96. The molecule has 2 heterocycles. The van der Waals surface area contributed by atoms with Crippen molar-refractivity contribution in [3.8, 4) is 0 Å². The van der Waals surface area contributed by atoms with Crippen LogP contribution < -0.4 is 0 Å². The van der Waals surface area contributed by atoms with Crippen LogP contribution in [0, 0.1) is 0 Å². The zero-order chi connectivity index (χ0) is 12.9. The predicted molar refractivity (Wildman–Crippen MR) is 80.6 cm³/mol. The number of hydrogen-bond acceptors (Lipinski definition) is 1. The summed E-state index contributed by atoms with van der Waals surface area (Å²) in [6.45, 7) is 0. The highest BCUT2D eigenvalue weighted by Crippen LogP contribution is 2.15. The molecule has 0 aliphatic heterocycles. The summed E-state index contributed by atoms with van der Waals surface area (Å²) >= 11 is 0. The van der Waals surface area contributed by atoms with E-state index in [0.29, 0.717) is 0 Å². The van der Waals surface area contributed by atoms with Crippen LogP contribution in [0.1, 0.15) is 11.3 Å². The van der Waals surface area contributed by atoms with Crippen LogP contribution in [0.2, 0.25) is 0 Å². The molecule has 2 heteroatoms. The van der Waals surface area contributed by atoms with Crippen LogP contribution >= 0.6 is 0 Å². The van der Waals surface area contributed by atoms with Gasteiger partial charge < -0.3 is 4.98 Å². The number of allylic oxidation sites excluding steroid dienone is 2. The average molecular weight is 246 g/mol. The van der Waals surface area contributed by atoms with Gasteiger partial charge in [0.05, 0.1) is 5.69 Å². The van der Waals surface area contributed by atoms with Gasteiger partial charge in [0.2, 0.25) is 0 Å². The number of H-pyrrole nitrogens is 1. The lowest BCUT2D eigenvalue weighted by Crippen LogP contribution is -1.75. The molecule has 2 nitrogen and oxygen atoms in total. The van der Waals surface area contributed by atoms with E-state index in [1.807, 2.05) is 42.6 Å². The first-order chi connectivity index (χ1) is 9.42. The first-order valence-electron chi connectivity index (χ1n) is 6.25. The first-order valence-corrected chi connectivity index (χ1v) is 6.25. The smallest absolute Gasteiger partial charge is 0.0629 e. The molecule has 1 N–H and O–H groups in total. The molecule has 2 aromatic heterocycles. The second-order valence-electron chi connectivity index (χ2n) is 4.30. The van der Waals surface area contributed by atoms with Gasteiger partial charge in [0.15, 0.2) is 0 Å². The third-order valence-corrected chi connectivity index (χ3v) is 2.93. The van der Waals surface area contributed by atoms with E-state index in [4.69, 9.17) is 0 Å². The molecule has 0 bridgehead atoms. The van der Waals surface area contributed by atoms with Crippen molar-refractivity contribution in [2.45, 2.75) is 0 Å². The number of nitrogens with one attached hydrogen (secondary N) is 1. The van der Waals surface area contributed by atoms with Crippen molar-refractivity contribution in [2.24, 2.45) is 0 Å². The quantitative estimate of drug-likeness (QED) is 0.686. The van der Waals surface area contributed by atoms with Crippen molar-refractivity contribution < 1.29 is 0 Å². The molecular formula is C17H14N2. The summed E-state index contributed by atoms with van der Waals surface area (Å²) in [6, 6.07) is 14.3. The average Bonchev–Trinajstić information content (AvgIpc) is 2.92. The Morgan fingerprint density at radius 1 is 0.947 bits per heavy atom. The maximum Gasteiger partial charge on any atom is 0.0629 e. The minimum absolute atomic E-state index is 0.965. The lowest BCUT2D eigenvalue weighted by molar-refractivity contribution is 1.30. The van der Waals surface area contributed by atoms with Gasteiger partial charge in [-0.05, 0) is 41.3 Å². The van der Waals surface area contributed by atoms with Crippen LogP contribution in [0.3, 0.4) is 0 Å². The minimum atomic E-state index is 0.965. The van der Waals surface area contributed by atoms with Gasteiger partial charge in [-0.25, -0.2) is 0 Å². The second-order valence-corrected chi connectivity index (χ2v) is 4.30. The van der Waals surface area contributed by atoms with Crippen LogP contribution in [0.4, 0.5) is 0 Å². The molecule has 1 aromatic carbocycles. The minimum Gasteiger partial charge on any atom is -0.361 e. The Labute approximate surface area is 112 Å². The monoisotopic (exact) mass is 246 g/mol. The largest absolute Gasteiger partial charge is 0.361 e. The summed E-state index contributed by atoms with van der Waals surface area (Å²) in [5, 5.41) is 1.24. The molecule has 0 unspecified atom stereocenters. The number of benzene rings is 1. The summed E-state index contributed by atoms with van der Waals surface area (Å²) in [5.41, 5.74) is 3.31. The van der Waals surface area contributed by atoms with Crippen molar-refractivity contribution >= 4 is 23.1 Å². The molecule has 0 aliphatic carbocycles. The van der Waals surface area contributed by atoms with Crippen molar-refractivity contribution in [3.63, 3.8) is 0 Å². The summed E-state index contributed by atoms with van der Waals surface area (Å²) in [7, 11) is 0. The lowest BCUT2D eigenvalue weighted by Gasteiger charge is -1.93. The Hall–Kier alpha value is -2.61. The van der Waals surface area contributed by atoms with Gasteiger partial charge >= 0.3 is 0 Å². The van der Waals surface area contributed by atoms with E-state index in [1.165, 1.54) is 10.9 Å². The fraction of sp³-hybridized carbons (Fsp3) is 0. The highest BCUT2D eigenvalue weighted by molar-refractivity contribution is 5.81. The second kappa shape index (κ2) is 5.36. The standard InChI is InChI=1S/C17H14N2/c1(2-6-16-7-3-4-11-18-16)5-14-8-9-15-10-12-19-17(15)13-14/h1-13,19H/b5-1+,6-2+. The first kappa shape index (κ1) is 11.5. The number of aromatic nitrogens is 2. The molecule has 0 aliphatic rings. The predicted octanol–water partition coefficient (Wildman–Crippen LogP) is 4.29. The van der Waals surface area contributed by atoms with E-state index < -0.39 is 0 Å². The Bertz CT molecular complexity index is 721. The van der Waals surface area contributed by atoms with Crippen molar-refractivity contribution in [1.82, 2.24) is 9.97 Å². The Morgan fingerprint density at radius 2 is 1.89 bits per heavy atom. The molecule has 0 atom stereocenters. The molecule has 0 saturated carbocycles. The molecule has 0 radical (unpaired) electrons. The SMILES string of the molecule is C(/C=C/c1ccccn1)=C\c1ccc2cc[nH]c2c1. The van der Waals surface area contributed by atoms with Gasteiger partial charge in [0, 0.05) is 17.9 Å². The maximum absolute atomic E-state index is 4.23. The molecule has 19 heavy (non-hydrogen) atoms. The third-order valence-electron chi connectivity index (χ3n) is 2.93. The normalized spacial score (nSPS) is 11.8. The van der Waals surface area contributed by atoms with Crippen LogP contribution in [0.5, 0.6) is 0 Å². The van der Waals surface area contributed by atoms with E-state index in [-0.39, 0.29) is 0 Å². The number of fused-ring (bicyclic) bond motifs is 1. The fourth-order valence-electron chi connectivity index (χ4n) is 1.96. The van der Waals surface area contributed by atoms with Gasteiger partial charge in [0.1, 0.15) is 0 Å². The van der Waals surface area contributed by atoms with Crippen molar-refractivity contribution in [1.29, 1.82) is 0 Å². The Kier molecular flexibility index (Phi) is 3.24. The molecule has 92 valence electrons. The number of nitrogens with zero attached hydrogens (tertiary/aromatic N) is 1. The van der Waals surface area contributed by atoms with E-state index in [1.54, 1.807) is 6.20 Å². The number of hydrogen-bond donors (Lipinski definition) is 1. The third kappa shape index (κ3) is 2.80. The molecule has 3 aromatic rings. The summed E-state index contributed by atoms with van der Waals surface area (Å²) < 4.78 is 0.